The lowest BCUT2D eigenvalue weighted by atomic mass is 9.86. The van der Waals surface area contributed by atoms with Gasteiger partial charge < -0.3 is 0 Å². The van der Waals surface area contributed by atoms with Gasteiger partial charge in [0.25, 0.3) is 0 Å². The Morgan fingerprint density at radius 3 is 2.46 bits per heavy atom. The van der Waals surface area contributed by atoms with Crippen LogP contribution in [0.15, 0.2) is 9.85 Å². The molecule has 1 aromatic heterocycles. The molecule has 0 nitrogen and oxygen atoms in total. The van der Waals surface area contributed by atoms with Crippen molar-refractivity contribution in [2.24, 2.45) is 0 Å². The van der Waals surface area contributed by atoms with Gasteiger partial charge >= 0.3 is 0 Å². The van der Waals surface area contributed by atoms with E-state index in [1.54, 1.807) is 0 Å². The summed E-state index contributed by atoms with van der Waals surface area (Å²) < 4.78 is 1.32. The Morgan fingerprint density at radius 2 is 2.08 bits per heavy atom. The molecular weight excluding hydrogens is 244 g/mol. The predicted molar refractivity (Wildman–Crippen MR) is 64.7 cm³/mol. The van der Waals surface area contributed by atoms with Gasteiger partial charge in [0, 0.05) is 14.8 Å². The lowest BCUT2D eigenvalue weighted by molar-refractivity contribution is 0.480. The fourth-order valence-corrected chi connectivity index (χ4v) is 3.81. The van der Waals surface area contributed by atoms with Crippen molar-refractivity contribution < 1.29 is 0 Å². The van der Waals surface area contributed by atoms with E-state index in [2.05, 4.69) is 49.0 Å². The molecule has 0 aromatic carbocycles. The summed E-state index contributed by atoms with van der Waals surface area (Å²) >= 11 is 5.54. The van der Waals surface area contributed by atoms with E-state index >= 15 is 0 Å². The van der Waals surface area contributed by atoms with Crippen LogP contribution in [0.2, 0.25) is 0 Å². The van der Waals surface area contributed by atoms with Crippen molar-refractivity contribution in [2.75, 3.05) is 0 Å². The predicted octanol–water partition coefficient (Wildman–Crippen LogP) is 4.90. The summed E-state index contributed by atoms with van der Waals surface area (Å²) in [6, 6.07) is 0. The molecular formula is C11H17BrS. The zero-order valence-electron chi connectivity index (χ0n) is 8.78. The van der Waals surface area contributed by atoms with Crippen LogP contribution in [0.25, 0.3) is 0 Å². The summed E-state index contributed by atoms with van der Waals surface area (Å²) in [5.41, 5.74) is 1.69. The molecule has 0 amide bonds. The van der Waals surface area contributed by atoms with Crippen molar-refractivity contribution in [3.8, 4) is 0 Å². The highest BCUT2D eigenvalue weighted by molar-refractivity contribution is 9.10. The summed E-state index contributed by atoms with van der Waals surface area (Å²) in [5, 5.41) is 2.23. The maximum atomic E-state index is 3.67. The van der Waals surface area contributed by atoms with Crippen molar-refractivity contribution >= 4 is 27.3 Å². The summed E-state index contributed by atoms with van der Waals surface area (Å²) in [6.07, 6.45) is 2.50. The molecule has 0 aliphatic carbocycles. The number of thiophene rings is 1. The third kappa shape index (κ3) is 2.35. The van der Waals surface area contributed by atoms with E-state index < -0.39 is 0 Å². The molecule has 0 spiro atoms. The molecule has 0 aliphatic heterocycles. The van der Waals surface area contributed by atoms with E-state index in [4.69, 9.17) is 0 Å². The Morgan fingerprint density at radius 1 is 1.46 bits per heavy atom. The van der Waals surface area contributed by atoms with Crippen molar-refractivity contribution in [2.45, 2.75) is 46.0 Å². The first kappa shape index (κ1) is 11.3. The maximum absolute atomic E-state index is 3.67. The van der Waals surface area contributed by atoms with Crippen molar-refractivity contribution in [1.82, 2.24) is 0 Å². The van der Waals surface area contributed by atoms with Crippen molar-refractivity contribution in [3.05, 3.63) is 20.3 Å². The number of hydrogen-bond donors (Lipinski definition) is 0. The number of hydrogen-bond acceptors (Lipinski definition) is 1. The molecule has 0 N–H and O–H groups in total. The van der Waals surface area contributed by atoms with E-state index in [1.807, 2.05) is 11.3 Å². The standard InChI is InChI=1S/C11H17BrS/c1-5-6-11(3,4)10-9(12)8(2)7-13-10/h7H,5-6H2,1-4H3. The molecule has 1 aromatic rings. The topological polar surface area (TPSA) is 0 Å². The highest BCUT2D eigenvalue weighted by atomic mass is 79.9. The number of rotatable bonds is 3. The van der Waals surface area contributed by atoms with Crippen LogP contribution in [0.4, 0.5) is 0 Å². The van der Waals surface area contributed by atoms with E-state index in [-0.39, 0.29) is 0 Å². The van der Waals surface area contributed by atoms with E-state index in [1.165, 1.54) is 27.8 Å². The minimum Gasteiger partial charge on any atom is -0.147 e. The van der Waals surface area contributed by atoms with Gasteiger partial charge in [0.15, 0.2) is 0 Å². The minimum atomic E-state index is 0.326. The van der Waals surface area contributed by atoms with Crippen LogP contribution in [0.1, 0.15) is 44.1 Å². The Hall–Kier alpha value is 0.180. The molecule has 0 atom stereocenters. The third-order valence-corrected chi connectivity index (χ3v) is 5.14. The van der Waals surface area contributed by atoms with Gasteiger partial charge in [0.2, 0.25) is 0 Å². The average molecular weight is 261 g/mol. The summed E-state index contributed by atoms with van der Waals surface area (Å²) in [5.74, 6) is 0. The van der Waals surface area contributed by atoms with Gasteiger partial charge in [-0.25, -0.2) is 0 Å². The lowest BCUT2D eigenvalue weighted by Crippen LogP contribution is -2.15. The fraction of sp³-hybridized carbons (Fsp3) is 0.636. The van der Waals surface area contributed by atoms with Crippen LogP contribution in [0.3, 0.4) is 0 Å². The second kappa shape index (κ2) is 4.14. The van der Waals surface area contributed by atoms with Gasteiger partial charge in [-0.1, -0.05) is 27.2 Å². The first-order chi connectivity index (χ1) is 5.99. The van der Waals surface area contributed by atoms with E-state index in [0.717, 1.165) is 0 Å². The molecule has 0 saturated carbocycles. The maximum Gasteiger partial charge on any atom is 0.0349 e. The molecule has 1 heterocycles. The number of aryl methyl sites for hydroxylation is 1. The van der Waals surface area contributed by atoms with Crippen LogP contribution < -0.4 is 0 Å². The van der Waals surface area contributed by atoms with Crippen LogP contribution >= 0.6 is 27.3 Å². The molecule has 0 radical (unpaired) electrons. The molecule has 2 heteroatoms. The minimum absolute atomic E-state index is 0.326. The van der Waals surface area contributed by atoms with Crippen molar-refractivity contribution in [1.29, 1.82) is 0 Å². The summed E-state index contributed by atoms with van der Waals surface area (Å²) in [7, 11) is 0. The highest BCUT2D eigenvalue weighted by Gasteiger charge is 2.24. The first-order valence-electron chi connectivity index (χ1n) is 4.73. The molecule has 13 heavy (non-hydrogen) atoms. The molecule has 74 valence electrons. The molecule has 1 rings (SSSR count). The highest BCUT2D eigenvalue weighted by Crippen LogP contribution is 2.39. The molecule has 0 saturated heterocycles. The first-order valence-corrected chi connectivity index (χ1v) is 6.40. The van der Waals surface area contributed by atoms with Gasteiger partial charge in [-0.2, -0.15) is 0 Å². The van der Waals surface area contributed by atoms with Gasteiger partial charge in [-0.3, -0.25) is 0 Å². The van der Waals surface area contributed by atoms with E-state index in [9.17, 15) is 0 Å². The summed E-state index contributed by atoms with van der Waals surface area (Å²) in [6.45, 7) is 9.06. The Labute approximate surface area is 93.5 Å². The van der Waals surface area contributed by atoms with Crippen LogP contribution in [-0.4, -0.2) is 0 Å². The summed E-state index contributed by atoms with van der Waals surface area (Å²) in [4.78, 5) is 1.49. The lowest BCUT2D eigenvalue weighted by Gasteiger charge is -2.23. The smallest absolute Gasteiger partial charge is 0.0349 e. The van der Waals surface area contributed by atoms with Gasteiger partial charge in [-0.15, -0.1) is 11.3 Å². The third-order valence-electron chi connectivity index (χ3n) is 2.39. The normalized spacial score (nSPS) is 12.1. The monoisotopic (exact) mass is 260 g/mol. The quantitative estimate of drug-likeness (QED) is 0.726. The van der Waals surface area contributed by atoms with E-state index in [0.29, 0.717) is 5.41 Å². The molecule has 0 bridgehead atoms. The van der Waals surface area contributed by atoms with Gasteiger partial charge in [0.05, 0.1) is 0 Å². The average Bonchev–Trinajstić information content (AvgIpc) is 2.33. The second-order valence-electron chi connectivity index (χ2n) is 4.20. The molecule has 0 fully saturated rings. The van der Waals surface area contributed by atoms with Crippen LogP contribution in [0, 0.1) is 6.92 Å². The SMILES string of the molecule is CCCC(C)(C)c1scc(C)c1Br. The Balaban J connectivity index is 2.99. The van der Waals surface area contributed by atoms with Gasteiger partial charge in [0.1, 0.15) is 0 Å². The fourth-order valence-electron chi connectivity index (χ4n) is 1.63. The van der Waals surface area contributed by atoms with Crippen molar-refractivity contribution in [3.63, 3.8) is 0 Å². The van der Waals surface area contributed by atoms with Crippen LogP contribution in [0.5, 0.6) is 0 Å². The zero-order valence-corrected chi connectivity index (χ0v) is 11.2. The Kier molecular flexibility index (Phi) is 3.58. The molecule has 0 unspecified atom stereocenters. The molecule has 0 aliphatic rings. The largest absolute Gasteiger partial charge is 0.147 e. The number of halogens is 1. The second-order valence-corrected chi connectivity index (χ2v) is 5.87. The van der Waals surface area contributed by atoms with Crippen LogP contribution in [-0.2, 0) is 5.41 Å². The zero-order chi connectivity index (χ0) is 10.1. The Bertz CT molecular complexity index is 286. The van der Waals surface area contributed by atoms with Gasteiger partial charge in [-0.05, 0) is 40.2 Å².